The standard InChI is InChI=1S/C42H46N8O6/c1-55-41(53)47-35(28-11-5-3-6-12-28)39(51)49-23-9-15-33(49)32-26-44-37(46-32)30-20-17-27(18-21-30)19-22-31-25-43-38(45-31)34-16-10-24-50(34)40(52)36(48-42(54)56-2)29-13-7-4-8-14-29/h3-8,11-14,17-18,20-21,25-26,33-36H,9-10,15-16,19,22-24H2,1-2H3,(H,43,45)(H,44,46)(H,47,53)(H,48,54)/t33-,34+,35+,36-/m0/s1. The van der Waals surface area contributed by atoms with Gasteiger partial charge in [0.1, 0.15) is 23.7 Å². The zero-order chi connectivity index (χ0) is 39.0. The molecule has 0 radical (unpaired) electrons. The predicted molar refractivity (Wildman–Crippen MR) is 207 cm³/mol. The third-order valence-electron chi connectivity index (χ3n) is 10.6. The highest BCUT2D eigenvalue weighted by atomic mass is 16.5. The molecule has 2 aromatic heterocycles. The Hall–Kier alpha value is -6.44. The molecule has 4 heterocycles. The number of methoxy groups -OCH3 is 2. The number of H-pyrrole nitrogens is 2. The Kier molecular flexibility index (Phi) is 11.7. The average molecular weight is 759 g/mol. The number of aryl methyl sites for hydroxylation is 2. The number of aromatic amines is 2. The molecule has 290 valence electrons. The summed E-state index contributed by atoms with van der Waals surface area (Å²) in [7, 11) is 2.56. The maximum absolute atomic E-state index is 13.9. The number of carbonyl (C=O) groups excluding carboxylic acids is 4. The summed E-state index contributed by atoms with van der Waals surface area (Å²) >= 11 is 0. The Balaban J connectivity index is 0.972. The molecule has 5 aromatic rings. The van der Waals surface area contributed by atoms with Crippen LogP contribution in [0.25, 0.3) is 11.4 Å². The van der Waals surface area contributed by atoms with Gasteiger partial charge < -0.3 is 39.9 Å². The fraction of sp³-hybridized carbons (Fsp3) is 0.333. The molecule has 14 heteroatoms. The number of likely N-dealkylation sites (tertiary alicyclic amines) is 2. The number of nitrogens with zero attached hydrogens (tertiary/aromatic N) is 4. The van der Waals surface area contributed by atoms with Gasteiger partial charge in [-0.3, -0.25) is 9.59 Å². The minimum absolute atomic E-state index is 0.201. The Labute approximate surface area is 325 Å². The summed E-state index contributed by atoms with van der Waals surface area (Å²) in [4.78, 5) is 71.9. The quantitative estimate of drug-likeness (QED) is 0.118. The van der Waals surface area contributed by atoms with Crippen LogP contribution in [0.3, 0.4) is 0 Å². The van der Waals surface area contributed by atoms with Gasteiger partial charge in [0.15, 0.2) is 0 Å². The first kappa shape index (κ1) is 37.9. The van der Waals surface area contributed by atoms with Crippen molar-refractivity contribution in [2.24, 2.45) is 0 Å². The van der Waals surface area contributed by atoms with Crippen LogP contribution in [0.4, 0.5) is 9.59 Å². The van der Waals surface area contributed by atoms with Crippen LogP contribution in [-0.4, -0.2) is 81.0 Å². The fourth-order valence-electron chi connectivity index (χ4n) is 7.65. The van der Waals surface area contributed by atoms with E-state index in [2.05, 4.69) is 42.7 Å². The molecule has 0 unspecified atom stereocenters. The number of alkyl carbamates (subject to hydrolysis) is 2. The van der Waals surface area contributed by atoms with Crippen molar-refractivity contribution < 1.29 is 28.7 Å². The van der Waals surface area contributed by atoms with Crippen molar-refractivity contribution in [3.05, 3.63) is 131 Å². The molecule has 0 aliphatic carbocycles. The van der Waals surface area contributed by atoms with E-state index in [1.807, 2.05) is 79.0 Å². The molecule has 3 aromatic carbocycles. The molecular formula is C42H46N8O6. The first-order valence-electron chi connectivity index (χ1n) is 18.9. The van der Waals surface area contributed by atoms with Gasteiger partial charge in [-0.25, -0.2) is 19.6 Å². The van der Waals surface area contributed by atoms with Gasteiger partial charge in [-0.1, -0.05) is 84.9 Å². The molecule has 4 atom stereocenters. The maximum Gasteiger partial charge on any atom is 0.407 e. The first-order chi connectivity index (χ1) is 27.3. The van der Waals surface area contributed by atoms with Gasteiger partial charge >= 0.3 is 12.2 Å². The number of imidazole rings is 2. The zero-order valence-electron chi connectivity index (χ0n) is 31.4. The second-order valence-electron chi connectivity index (χ2n) is 14.0. The summed E-state index contributed by atoms with van der Waals surface area (Å²) in [6.07, 6.45) is 7.00. The number of amides is 4. The van der Waals surface area contributed by atoms with Crippen LogP contribution in [0.2, 0.25) is 0 Å². The van der Waals surface area contributed by atoms with Crippen LogP contribution in [0, 0.1) is 0 Å². The third-order valence-corrected chi connectivity index (χ3v) is 10.6. The van der Waals surface area contributed by atoms with Crippen molar-refractivity contribution in [3.8, 4) is 11.4 Å². The minimum Gasteiger partial charge on any atom is -0.453 e. The molecule has 0 spiro atoms. The van der Waals surface area contributed by atoms with Gasteiger partial charge in [0.2, 0.25) is 5.91 Å². The number of nitrogens with one attached hydrogen (secondary N) is 4. The Bertz CT molecular complexity index is 2120. The Morgan fingerprint density at radius 1 is 0.696 bits per heavy atom. The summed E-state index contributed by atoms with van der Waals surface area (Å²) in [6, 6.07) is 24.4. The van der Waals surface area contributed by atoms with Crippen molar-refractivity contribution in [3.63, 3.8) is 0 Å². The number of rotatable bonds is 12. The summed E-state index contributed by atoms with van der Waals surface area (Å²) in [5.41, 5.74) is 5.25. The minimum atomic E-state index is -0.872. The Morgan fingerprint density at radius 3 is 1.82 bits per heavy atom. The van der Waals surface area contributed by atoms with E-state index >= 15 is 0 Å². The predicted octanol–water partition coefficient (Wildman–Crippen LogP) is 6.11. The molecule has 0 saturated carbocycles. The number of hydrogen-bond donors (Lipinski definition) is 4. The highest BCUT2D eigenvalue weighted by Crippen LogP contribution is 2.35. The second-order valence-corrected chi connectivity index (χ2v) is 14.0. The van der Waals surface area contributed by atoms with Crippen LogP contribution in [0.5, 0.6) is 0 Å². The first-order valence-corrected chi connectivity index (χ1v) is 18.9. The SMILES string of the molecule is COC(=O)N[C@H](C(=O)N1CCC[C@@H]1c1ncc(CCc2ccc(-c3ncc([C@@H]4CCCN4C(=O)[C@H](NC(=O)OC)c4ccccc4)[nH]3)cc2)[nH]1)c1ccccc1. The normalized spacial score (nSPS) is 17.6. The van der Waals surface area contributed by atoms with Gasteiger partial charge in [-0.15, -0.1) is 0 Å². The molecular weight excluding hydrogens is 713 g/mol. The third kappa shape index (κ3) is 8.43. The van der Waals surface area contributed by atoms with Gasteiger partial charge in [-0.05, 0) is 55.2 Å². The molecule has 7 rings (SSSR count). The lowest BCUT2D eigenvalue weighted by atomic mass is 10.0. The summed E-state index contributed by atoms with van der Waals surface area (Å²) in [5.74, 6) is 1.04. The van der Waals surface area contributed by atoms with Crippen LogP contribution in [-0.2, 0) is 31.9 Å². The summed E-state index contributed by atoms with van der Waals surface area (Å²) < 4.78 is 9.63. The lowest BCUT2D eigenvalue weighted by Gasteiger charge is -2.28. The van der Waals surface area contributed by atoms with Crippen LogP contribution in [0.1, 0.15) is 83.8 Å². The lowest BCUT2D eigenvalue weighted by molar-refractivity contribution is -0.135. The molecule has 2 saturated heterocycles. The van der Waals surface area contributed by atoms with E-state index in [4.69, 9.17) is 9.47 Å². The number of aromatic nitrogens is 4. The lowest BCUT2D eigenvalue weighted by Crippen LogP contribution is -2.42. The monoisotopic (exact) mass is 758 g/mol. The summed E-state index contributed by atoms with van der Waals surface area (Å²) in [6.45, 7) is 1.13. The van der Waals surface area contributed by atoms with Gasteiger partial charge in [0, 0.05) is 30.5 Å². The summed E-state index contributed by atoms with van der Waals surface area (Å²) in [5, 5.41) is 5.42. The number of carbonyl (C=O) groups is 4. The van der Waals surface area contributed by atoms with E-state index in [1.54, 1.807) is 16.0 Å². The van der Waals surface area contributed by atoms with Gasteiger partial charge in [-0.2, -0.15) is 0 Å². The van der Waals surface area contributed by atoms with Crippen molar-refractivity contribution in [1.29, 1.82) is 0 Å². The molecule has 4 amide bonds. The van der Waals surface area contributed by atoms with E-state index in [-0.39, 0.29) is 23.9 Å². The molecule has 2 aliphatic heterocycles. The van der Waals surface area contributed by atoms with Crippen LogP contribution >= 0.6 is 0 Å². The molecule has 56 heavy (non-hydrogen) atoms. The number of benzene rings is 3. The van der Waals surface area contributed by atoms with E-state index in [1.165, 1.54) is 14.2 Å². The Morgan fingerprint density at radius 2 is 1.25 bits per heavy atom. The molecule has 2 fully saturated rings. The maximum atomic E-state index is 13.9. The van der Waals surface area contributed by atoms with E-state index in [0.29, 0.717) is 30.0 Å². The second kappa shape index (κ2) is 17.4. The fourth-order valence-corrected chi connectivity index (χ4v) is 7.65. The van der Waals surface area contributed by atoms with Crippen molar-refractivity contribution in [2.45, 2.75) is 62.7 Å². The average Bonchev–Trinajstić information content (AvgIpc) is 4.08. The molecule has 14 nitrogen and oxygen atoms in total. The largest absolute Gasteiger partial charge is 0.453 e. The van der Waals surface area contributed by atoms with E-state index in [0.717, 1.165) is 66.9 Å². The molecule has 4 N–H and O–H groups in total. The van der Waals surface area contributed by atoms with Crippen molar-refractivity contribution in [2.75, 3.05) is 27.3 Å². The number of hydrogen-bond acceptors (Lipinski definition) is 8. The van der Waals surface area contributed by atoms with Gasteiger partial charge in [0.05, 0.1) is 38.2 Å². The smallest absolute Gasteiger partial charge is 0.407 e. The van der Waals surface area contributed by atoms with E-state index in [9.17, 15) is 19.2 Å². The zero-order valence-corrected chi connectivity index (χ0v) is 31.4. The number of ether oxygens (including phenoxy) is 2. The van der Waals surface area contributed by atoms with Gasteiger partial charge in [0.25, 0.3) is 5.91 Å². The molecule has 2 aliphatic rings. The van der Waals surface area contributed by atoms with E-state index < -0.39 is 24.3 Å². The highest BCUT2D eigenvalue weighted by molar-refractivity contribution is 5.88. The topological polar surface area (TPSA) is 175 Å². The highest BCUT2D eigenvalue weighted by Gasteiger charge is 2.38. The van der Waals surface area contributed by atoms with Crippen LogP contribution in [0.15, 0.2) is 97.3 Å². The van der Waals surface area contributed by atoms with Crippen molar-refractivity contribution in [1.82, 2.24) is 40.4 Å². The van der Waals surface area contributed by atoms with Crippen LogP contribution < -0.4 is 10.6 Å². The molecule has 0 bridgehead atoms. The van der Waals surface area contributed by atoms with Crippen molar-refractivity contribution >= 4 is 24.0 Å².